The summed E-state index contributed by atoms with van der Waals surface area (Å²) in [6.45, 7) is 4.90. The molecule has 1 fully saturated rings. The highest BCUT2D eigenvalue weighted by molar-refractivity contribution is 14.0. The standard InChI is InChI=1S/C21H31F3N4O2.HI/c1-4-25-20(26-11-15-5-7-27(12-15)14-21(22,23)24)28-8-6-16-9-18(29-2)19(30-3)10-17(16)13-28;/h9-10,15H,4-8,11-14H2,1-3H3,(H,25,26);1H. The molecule has 0 amide bonds. The molecule has 10 heteroatoms. The van der Waals surface area contributed by atoms with Crippen LogP contribution in [0.1, 0.15) is 24.5 Å². The first kappa shape index (κ1) is 25.8. The van der Waals surface area contributed by atoms with E-state index in [1.807, 2.05) is 19.1 Å². The van der Waals surface area contributed by atoms with Crippen LogP contribution in [0.25, 0.3) is 0 Å². The summed E-state index contributed by atoms with van der Waals surface area (Å²) in [6, 6.07) is 4.04. The van der Waals surface area contributed by atoms with Crippen molar-refractivity contribution >= 4 is 29.9 Å². The molecule has 0 aromatic heterocycles. The van der Waals surface area contributed by atoms with Gasteiger partial charge in [0.2, 0.25) is 0 Å². The second-order valence-electron chi connectivity index (χ2n) is 7.85. The molecule has 2 heterocycles. The number of guanidine groups is 1. The smallest absolute Gasteiger partial charge is 0.401 e. The Labute approximate surface area is 199 Å². The number of fused-ring (bicyclic) bond motifs is 1. The molecule has 1 N–H and O–H groups in total. The van der Waals surface area contributed by atoms with Gasteiger partial charge in [-0.1, -0.05) is 0 Å². The number of halogens is 4. The zero-order valence-corrected chi connectivity index (χ0v) is 20.6. The lowest BCUT2D eigenvalue weighted by Crippen LogP contribution is -2.44. The molecular formula is C21H32F3IN4O2. The van der Waals surface area contributed by atoms with Gasteiger partial charge in [0, 0.05) is 32.7 Å². The molecule has 0 aliphatic carbocycles. The third kappa shape index (κ3) is 7.03. The summed E-state index contributed by atoms with van der Waals surface area (Å²) < 4.78 is 48.7. The topological polar surface area (TPSA) is 49.3 Å². The number of nitrogens with zero attached hydrogens (tertiary/aromatic N) is 3. The lowest BCUT2D eigenvalue weighted by atomic mass is 9.99. The first-order valence-corrected chi connectivity index (χ1v) is 10.4. The van der Waals surface area contributed by atoms with Crippen molar-refractivity contribution in [1.29, 1.82) is 0 Å². The molecule has 31 heavy (non-hydrogen) atoms. The maximum atomic E-state index is 12.6. The van der Waals surface area contributed by atoms with E-state index in [-0.39, 0.29) is 29.9 Å². The first-order chi connectivity index (χ1) is 14.3. The van der Waals surface area contributed by atoms with E-state index in [2.05, 4.69) is 10.2 Å². The molecule has 1 saturated heterocycles. The highest BCUT2D eigenvalue weighted by Crippen LogP contribution is 2.33. The van der Waals surface area contributed by atoms with Gasteiger partial charge in [-0.3, -0.25) is 9.89 Å². The molecule has 1 unspecified atom stereocenters. The number of hydrogen-bond donors (Lipinski definition) is 1. The fraction of sp³-hybridized carbons (Fsp3) is 0.667. The predicted octanol–water partition coefficient (Wildman–Crippen LogP) is 3.53. The fourth-order valence-corrected chi connectivity index (χ4v) is 4.16. The number of ether oxygens (including phenoxy) is 2. The lowest BCUT2D eigenvalue weighted by Gasteiger charge is -2.32. The van der Waals surface area contributed by atoms with Crippen molar-refractivity contribution in [1.82, 2.24) is 15.1 Å². The largest absolute Gasteiger partial charge is 0.493 e. The number of aliphatic imine (C=N–C) groups is 1. The van der Waals surface area contributed by atoms with Crippen molar-refractivity contribution in [2.24, 2.45) is 10.9 Å². The number of likely N-dealkylation sites (tertiary alicyclic amines) is 1. The Bertz CT molecular complexity index is 761. The van der Waals surface area contributed by atoms with Crippen molar-refractivity contribution in [2.75, 3.05) is 53.5 Å². The van der Waals surface area contributed by atoms with E-state index < -0.39 is 12.7 Å². The zero-order valence-electron chi connectivity index (χ0n) is 18.3. The normalized spacial score (nSPS) is 19.6. The van der Waals surface area contributed by atoms with Crippen LogP contribution >= 0.6 is 24.0 Å². The predicted molar refractivity (Wildman–Crippen MR) is 126 cm³/mol. The molecule has 1 atom stereocenters. The van der Waals surface area contributed by atoms with Crippen LogP contribution in [-0.2, 0) is 13.0 Å². The van der Waals surface area contributed by atoms with Crippen LogP contribution in [0.3, 0.4) is 0 Å². The van der Waals surface area contributed by atoms with Gasteiger partial charge < -0.3 is 19.7 Å². The molecule has 1 aromatic rings. The maximum absolute atomic E-state index is 12.6. The highest BCUT2D eigenvalue weighted by atomic mass is 127. The molecule has 0 bridgehead atoms. The number of hydrogen-bond acceptors (Lipinski definition) is 4. The molecule has 6 nitrogen and oxygen atoms in total. The minimum absolute atomic E-state index is 0. The van der Waals surface area contributed by atoms with Crippen LogP contribution in [0.15, 0.2) is 17.1 Å². The number of benzene rings is 1. The average molecular weight is 556 g/mol. The Morgan fingerprint density at radius 3 is 2.45 bits per heavy atom. The van der Waals surface area contributed by atoms with Gasteiger partial charge in [0.05, 0.1) is 20.8 Å². The number of nitrogens with one attached hydrogen (secondary N) is 1. The van der Waals surface area contributed by atoms with Gasteiger partial charge in [-0.25, -0.2) is 0 Å². The minimum atomic E-state index is -4.14. The first-order valence-electron chi connectivity index (χ1n) is 10.4. The Hall–Kier alpha value is -1.43. The molecular weight excluding hydrogens is 524 g/mol. The SMILES string of the molecule is CCNC(=NCC1CCN(CC(F)(F)F)C1)N1CCc2cc(OC)c(OC)cc2C1.I. The van der Waals surface area contributed by atoms with Crippen LogP contribution in [0.5, 0.6) is 11.5 Å². The van der Waals surface area contributed by atoms with Crippen molar-refractivity contribution in [3.63, 3.8) is 0 Å². The molecule has 2 aliphatic heterocycles. The van der Waals surface area contributed by atoms with Gasteiger partial charge in [-0.15, -0.1) is 24.0 Å². The molecule has 1 aromatic carbocycles. The summed E-state index contributed by atoms with van der Waals surface area (Å²) in [5.74, 6) is 2.40. The van der Waals surface area contributed by atoms with E-state index in [1.54, 1.807) is 14.2 Å². The molecule has 0 spiro atoms. The molecule has 176 valence electrons. The Balaban J connectivity index is 0.00000341. The fourth-order valence-electron chi connectivity index (χ4n) is 4.16. The van der Waals surface area contributed by atoms with Crippen LogP contribution in [0.4, 0.5) is 13.2 Å². The second kappa shape index (κ2) is 11.4. The third-order valence-corrected chi connectivity index (χ3v) is 5.62. The number of alkyl halides is 3. The summed E-state index contributed by atoms with van der Waals surface area (Å²) in [5, 5.41) is 3.33. The highest BCUT2D eigenvalue weighted by Gasteiger charge is 2.34. The maximum Gasteiger partial charge on any atom is 0.401 e. The average Bonchev–Trinajstić information content (AvgIpc) is 3.15. The summed E-state index contributed by atoms with van der Waals surface area (Å²) in [6.07, 6.45) is -2.53. The van der Waals surface area contributed by atoms with Gasteiger partial charge in [-0.2, -0.15) is 13.2 Å². The zero-order chi connectivity index (χ0) is 21.7. The number of rotatable bonds is 6. The quantitative estimate of drug-likeness (QED) is 0.330. The van der Waals surface area contributed by atoms with Crippen molar-refractivity contribution < 1.29 is 22.6 Å². The van der Waals surface area contributed by atoms with Crippen LogP contribution in [-0.4, -0.2) is 75.4 Å². The lowest BCUT2D eigenvalue weighted by molar-refractivity contribution is -0.143. The van der Waals surface area contributed by atoms with Gasteiger partial charge in [-0.05, 0) is 55.5 Å². The molecule has 2 aliphatic rings. The summed E-state index contributed by atoms with van der Waals surface area (Å²) in [7, 11) is 3.26. The minimum Gasteiger partial charge on any atom is -0.493 e. The summed E-state index contributed by atoms with van der Waals surface area (Å²) in [4.78, 5) is 8.44. The summed E-state index contributed by atoms with van der Waals surface area (Å²) >= 11 is 0. The Kier molecular flexibility index (Phi) is 9.53. The van der Waals surface area contributed by atoms with E-state index in [0.29, 0.717) is 31.9 Å². The Morgan fingerprint density at radius 2 is 1.84 bits per heavy atom. The van der Waals surface area contributed by atoms with Gasteiger partial charge in [0.25, 0.3) is 0 Å². The Morgan fingerprint density at radius 1 is 1.16 bits per heavy atom. The van der Waals surface area contributed by atoms with E-state index in [9.17, 15) is 13.2 Å². The van der Waals surface area contributed by atoms with Crippen molar-refractivity contribution in [2.45, 2.75) is 32.5 Å². The van der Waals surface area contributed by atoms with Gasteiger partial charge in [0.15, 0.2) is 17.5 Å². The van der Waals surface area contributed by atoms with Crippen LogP contribution in [0.2, 0.25) is 0 Å². The van der Waals surface area contributed by atoms with Crippen molar-refractivity contribution in [3.05, 3.63) is 23.3 Å². The van der Waals surface area contributed by atoms with E-state index in [4.69, 9.17) is 14.5 Å². The molecule has 3 rings (SSSR count). The van der Waals surface area contributed by atoms with Gasteiger partial charge in [0.1, 0.15) is 0 Å². The van der Waals surface area contributed by atoms with Crippen molar-refractivity contribution in [3.8, 4) is 11.5 Å². The third-order valence-electron chi connectivity index (χ3n) is 5.62. The second-order valence-corrected chi connectivity index (χ2v) is 7.85. The monoisotopic (exact) mass is 556 g/mol. The van der Waals surface area contributed by atoms with Gasteiger partial charge >= 0.3 is 6.18 Å². The molecule has 0 saturated carbocycles. The number of methoxy groups -OCH3 is 2. The van der Waals surface area contributed by atoms with E-state index in [0.717, 1.165) is 37.6 Å². The van der Waals surface area contributed by atoms with Crippen LogP contribution < -0.4 is 14.8 Å². The van der Waals surface area contributed by atoms with E-state index >= 15 is 0 Å². The van der Waals surface area contributed by atoms with E-state index in [1.165, 1.54) is 16.0 Å². The summed E-state index contributed by atoms with van der Waals surface area (Å²) in [5.41, 5.74) is 2.40. The molecule has 0 radical (unpaired) electrons. The van der Waals surface area contributed by atoms with Crippen LogP contribution in [0, 0.1) is 5.92 Å².